The van der Waals surface area contributed by atoms with Crippen molar-refractivity contribution >= 4 is 17.7 Å². The van der Waals surface area contributed by atoms with Crippen molar-refractivity contribution in [2.24, 2.45) is 0 Å². The number of aromatic nitrogens is 2. The molecule has 0 unspecified atom stereocenters. The summed E-state index contributed by atoms with van der Waals surface area (Å²) >= 11 is 0. The van der Waals surface area contributed by atoms with Crippen molar-refractivity contribution in [3.63, 3.8) is 0 Å². The van der Waals surface area contributed by atoms with Crippen LogP contribution in [0.5, 0.6) is 0 Å². The molecule has 0 aliphatic carbocycles. The van der Waals surface area contributed by atoms with Crippen molar-refractivity contribution in [2.75, 3.05) is 50.5 Å². The average molecular weight is 326 g/mol. The molecule has 1 aromatic carbocycles. The zero-order chi connectivity index (χ0) is 16.9. The van der Waals surface area contributed by atoms with Gasteiger partial charge in [0.05, 0.1) is 5.69 Å². The molecular weight excluding hydrogens is 304 g/mol. The molecule has 7 nitrogen and oxygen atoms in total. The van der Waals surface area contributed by atoms with Gasteiger partial charge in [-0.05, 0) is 18.2 Å². The minimum absolute atomic E-state index is 0.00699. The van der Waals surface area contributed by atoms with Gasteiger partial charge in [0.1, 0.15) is 0 Å². The number of benzene rings is 1. The first-order valence-corrected chi connectivity index (χ1v) is 8.01. The third-order valence-corrected chi connectivity index (χ3v) is 3.95. The number of rotatable bonds is 6. The van der Waals surface area contributed by atoms with Gasteiger partial charge in [0.15, 0.2) is 0 Å². The van der Waals surface area contributed by atoms with Crippen LogP contribution in [0, 0.1) is 0 Å². The van der Waals surface area contributed by atoms with Crippen molar-refractivity contribution in [2.45, 2.75) is 0 Å². The number of hydrogen-bond donors (Lipinski definition) is 2. The maximum Gasteiger partial charge on any atom is 0.317 e. The standard InChI is InChI=1S/C17H22N6O/c1-22(2)14-5-3-13(4-6-14)15-7-8-18-16(21-15)19-9-11-23-12-10-20-17(23)24/h3-8H,9-12H2,1-2H3,(H,20,24)(H,18,19,21). The lowest BCUT2D eigenvalue weighted by Crippen LogP contribution is -2.32. The van der Waals surface area contributed by atoms with Gasteiger partial charge in [0.25, 0.3) is 0 Å². The van der Waals surface area contributed by atoms with E-state index in [9.17, 15) is 4.79 Å². The molecule has 0 saturated carbocycles. The summed E-state index contributed by atoms with van der Waals surface area (Å²) in [6.45, 7) is 2.72. The lowest BCUT2D eigenvalue weighted by atomic mass is 10.1. The van der Waals surface area contributed by atoms with Gasteiger partial charge in [-0.1, -0.05) is 12.1 Å². The topological polar surface area (TPSA) is 73.4 Å². The average Bonchev–Trinajstić information content (AvgIpc) is 3.00. The molecule has 1 aliphatic rings. The minimum Gasteiger partial charge on any atom is -0.378 e. The molecule has 1 aliphatic heterocycles. The van der Waals surface area contributed by atoms with Crippen LogP contribution in [0.3, 0.4) is 0 Å². The minimum atomic E-state index is -0.00699. The third kappa shape index (κ3) is 3.73. The highest BCUT2D eigenvalue weighted by Crippen LogP contribution is 2.21. The molecule has 1 fully saturated rings. The van der Waals surface area contributed by atoms with Crippen LogP contribution in [0.15, 0.2) is 36.5 Å². The van der Waals surface area contributed by atoms with E-state index in [1.54, 1.807) is 11.1 Å². The lowest BCUT2D eigenvalue weighted by molar-refractivity contribution is 0.219. The maximum atomic E-state index is 11.5. The molecule has 1 aromatic heterocycles. The quantitative estimate of drug-likeness (QED) is 0.844. The van der Waals surface area contributed by atoms with Crippen LogP contribution in [0.1, 0.15) is 0 Å². The fourth-order valence-electron chi connectivity index (χ4n) is 2.56. The molecule has 0 spiro atoms. The summed E-state index contributed by atoms with van der Waals surface area (Å²) in [7, 11) is 4.03. The number of amides is 2. The van der Waals surface area contributed by atoms with E-state index < -0.39 is 0 Å². The molecule has 0 radical (unpaired) electrons. The van der Waals surface area contributed by atoms with Gasteiger partial charge < -0.3 is 20.4 Å². The van der Waals surface area contributed by atoms with E-state index >= 15 is 0 Å². The number of nitrogens with zero attached hydrogens (tertiary/aromatic N) is 4. The Bertz CT molecular complexity index is 700. The largest absolute Gasteiger partial charge is 0.378 e. The fourth-order valence-corrected chi connectivity index (χ4v) is 2.56. The molecule has 2 heterocycles. The fraction of sp³-hybridized carbons (Fsp3) is 0.353. The molecule has 0 atom stereocenters. The normalized spacial score (nSPS) is 13.8. The first-order valence-electron chi connectivity index (χ1n) is 8.01. The number of nitrogens with one attached hydrogen (secondary N) is 2. The highest BCUT2D eigenvalue weighted by molar-refractivity contribution is 5.76. The molecule has 24 heavy (non-hydrogen) atoms. The number of urea groups is 1. The van der Waals surface area contributed by atoms with Gasteiger partial charge in [-0.15, -0.1) is 0 Å². The van der Waals surface area contributed by atoms with Crippen LogP contribution in [0.4, 0.5) is 16.4 Å². The van der Waals surface area contributed by atoms with Crippen LogP contribution >= 0.6 is 0 Å². The van der Waals surface area contributed by atoms with Crippen LogP contribution in [0.25, 0.3) is 11.3 Å². The number of anilines is 2. The zero-order valence-electron chi connectivity index (χ0n) is 14.0. The summed E-state index contributed by atoms with van der Waals surface area (Å²) in [5.41, 5.74) is 3.07. The molecule has 2 N–H and O–H groups in total. The van der Waals surface area contributed by atoms with Gasteiger partial charge in [0.2, 0.25) is 5.95 Å². The molecule has 7 heteroatoms. The van der Waals surface area contributed by atoms with Crippen molar-refractivity contribution in [1.82, 2.24) is 20.2 Å². The van der Waals surface area contributed by atoms with Crippen molar-refractivity contribution in [3.8, 4) is 11.3 Å². The summed E-state index contributed by atoms with van der Waals surface area (Å²) < 4.78 is 0. The summed E-state index contributed by atoms with van der Waals surface area (Å²) in [6, 6.07) is 10.1. The van der Waals surface area contributed by atoms with Crippen LogP contribution in [0.2, 0.25) is 0 Å². The Balaban J connectivity index is 1.62. The van der Waals surface area contributed by atoms with E-state index in [-0.39, 0.29) is 6.03 Å². The zero-order valence-corrected chi connectivity index (χ0v) is 14.0. The molecule has 2 amide bonds. The summed E-state index contributed by atoms with van der Waals surface area (Å²) in [6.07, 6.45) is 1.74. The first kappa shape index (κ1) is 16.0. The van der Waals surface area contributed by atoms with E-state index in [0.717, 1.165) is 23.5 Å². The van der Waals surface area contributed by atoms with Crippen LogP contribution in [-0.2, 0) is 0 Å². The second-order valence-corrected chi connectivity index (χ2v) is 5.85. The predicted molar refractivity (Wildman–Crippen MR) is 95.3 cm³/mol. The molecule has 126 valence electrons. The number of carbonyl (C=O) groups excluding carboxylic acids is 1. The Morgan fingerprint density at radius 3 is 2.71 bits per heavy atom. The third-order valence-electron chi connectivity index (χ3n) is 3.95. The van der Waals surface area contributed by atoms with Crippen molar-refractivity contribution in [3.05, 3.63) is 36.5 Å². The van der Waals surface area contributed by atoms with Gasteiger partial charge >= 0.3 is 6.03 Å². The Hall–Kier alpha value is -2.83. The first-order chi connectivity index (χ1) is 11.6. The predicted octanol–water partition coefficient (Wildman–Crippen LogP) is 1.65. The van der Waals surface area contributed by atoms with Crippen molar-refractivity contribution in [1.29, 1.82) is 0 Å². The summed E-state index contributed by atoms with van der Waals surface area (Å²) in [4.78, 5) is 24.1. The maximum absolute atomic E-state index is 11.5. The Kier molecular flexibility index (Phi) is 4.79. The van der Waals surface area contributed by atoms with Gasteiger partial charge in [0, 0.05) is 57.7 Å². The number of hydrogen-bond acceptors (Lipinski definition) is 5. The molecule has 2 aromatic rings. The lowest BCUT2D eigenvalue weighted by Gasteiger charge is -2.14. The van der Waals surface area contributed by atoms with E-state index in [1.807, 2.05) is 20.2 Å². The second kappa shape index (κ2) is 7.16. The van der Waals surface area contributed by atoms with Crippen molar-refractivity contribution < 1.29 is 4.79 Å². The molecule has 0 bridgehead atoms. The monoisotopic (exact) mass is 326 g/mol. The van der Waals surface area contributed by atoms with Crippen LogP contribution < -0.4 is 15.5 Å². The Morgan fingerprint density at radius 2 is 2.04 bits per heavy atom. The van der Waals surface area contributed by atoms with E-state index in [0.29, 0.717) is 25.6 Å². The van der Waals surface area contributed by atoms with E-state index in [1.165, 1.54) is 0 Å². The molecule has 3 rings (SSSR count). The Morgan fingerprint density at radius 1 is 1.25 bits per heavy atom. The summed E-state index contributed by atoms with van der Waals surface area (Å²) in [5, 5.41) is 5.97. The Labute approximate surface area is 141 Å². The number of carbonyl (C=O) groups is 1. The van der Waals surface area contributed by atoms with Gasteiger partial charge in [-0.3, -0.25) is 0 Å². The second-order valence-electron chi connectivity index (χ2n) is 5.85. The SMILES string of the molecule is CN(C)c1ccc(-c2ccnc(NCCN3CCNC3=O)n2)cc1. The van der Waals surface area contributed by atoms with E-state index in [2.05, 4.69) is 49.8 Å². The van der Waals surface area contributed by atoms with Gasteiger partial charge in [-0.25, -0.2) is 14.8 Å². The molecular formula is C17H22N6O. The van der Waals surface area contributed by atoms with Crippen LogP contribution in [-0.4, -0.2) is 61.2 Å². The highest BCUT2D eigenvalue weighted by Gasteiger charge is 2.18. The smallest absolute Gasteiger partial charge is 0.317 e. The molecule has 1 saturated heterocycles. The van der Waals surface area contributed by atoms with Gasteiger partial charge in [-0.2, -0.15) is 0 Å². The van der Waals surface area contributed by atoms with E-state index in [4.69, 9.17) is 0 Å². The summed E-state index contributed by atoms with van der Waals surface area (Å²) in [5.74, 6) is 0.573. The highest BCUT2D eigenvalue weighted by atomic mass is 16.2.